The fraction of sp³-hybridized carbons (Fsp3) is 0.833. The number of nitrogens with one attached hydrogen (secondary N) is 6. The van der Waals surface area contributed by atoms with Crippen LogP contribution in [0.2, 0.25) is 0 Å². The Hall–Kier alpha value is -3.78. The number of amides is 6. The van der Waals surface area contributed by atoms with Gasteiger partial charge in [-0.25, -0.2) is 14.4 Å². The van der Waals surface area contributed by atoms with Crippen molar-refractivity contribution in [3.63, 3.8) is 0 Å². The smallest absolute Gasteiger partial charge is 0.407 e. The summed E-state index contributed by atoms with van der Waals surface area (Å²) in [5.41, 5.74) is -1.80. The van der Waals surface area contributed by atoms with Crippen LogP contribution in [0.15, 0.2) is 0 Å². The third kappa shape index (κ3) is 25.8. The molecule has 0 aromatic carbocycles. The van der Waals surface area contributed by atoms with Gasteiger partial charge in [-0.05, 0) is 120 Å². The first kappa shape index (κ1) is 45.2. The van der Waals surface area contributed by atoms with E-state index in [0.717, 1.165) is 0 Å². The lowest BCUT2D eigenvalue weighted by Gasteiger charge is -2.26. The van der Waals surface area contributed by atoms with Crippen molar-refractivity contribution >= 4 is 36.0 Å². The van der Waals surface area contributed by atoms with Gasteiger partial charge in [0.25, 0.3) is 0 Å². The number of ether oxygens (including phenoxy) is 3. The Morgan fingerprint density at radius 3 is 0.941 bits per heavy atom. The monoisotopic (exact) mass is 726 g/mol. The van der Waals surface area contributed by atoms with E-state index in [2.05, 4.69) is 31.9 Å². The Balaban J connectivity index is 2.85. The highest BCUT2D eigenvalue weighted by molar-refractivity contribution is 5.83. The molecule has 0 aromatic heterocycles. The van der Waals surface area contributed by atoms with Gasteiger partial charge in [0.05, 0.1) is 0 Å². The first-order valence-electron chi connectivity index (χ1n) is 18.4. The minimum absolute atomic E-state index is 0.0462. The van der Waals surface area contributed by atoms with E-state index in [1.54, 1.807) is 62.3 Å². The van der Waals surface area contributed by atoms with Gasteiger partial charge in [0.2, 0.25) is 17.7 Å². The summed E-state index contributed by atoms with van der Waals surface area (Å²) in [6, 6.07) is -1.32. The predicted molar refractivity (Wildman–Crippen MR) is 194 cm³/mol. The largest absolute Gasteiger partial charge is 0.444 e. The second-order valence-corrected chi connectivity index (χ2v) is 16.2. The van der Waals surface area contributed by atoms with Crippen LogP contribution in [0.25, 0.3) is 0 Å². The van der Waals surface area contributed by atoms with Gasteiger partial charge in [0.15, 0.2) is 0 Å². The highest BCUT2D eigenvalue weighted by Gasteiger charge is 2.26. The molecule has 1 aliphatic rings. The van der Waals surface area contributed by atoms with Gasteiger partial charge in [-0.1, -0.05) is 0 Å². The molecule has 6 amide bonds. The average molecular weight is 727 g/mol. The van der Waals surface area contributed by atoms with Crippen molar-refractivity contribution in [2.24, 2.45) is 0 Å². The van der Waals surface area contributed by atoms with Crippen molar-refractivity contribution in [3.8, 4) is 0 Å². The molecule has 0 bridgehead atoms. The third-order valence-electron chi connectivity index (χ3n) is 7.33. The van der Waals surface area contributed by atoms with Crippen molar-refractivity contribution in [1.29, 1.82) is 0 Å². The summed E-state index contributed by atoms with van der Waals surface area (Å²) in [6.45, 7) is 17.3. The topological polar surface area (TPSA) is 202 Å². The van der Waals surface area contributed by atoms with E-state index in [1.165, 1.54) is 0 Å². The van der Waals surface area contributed by atoms with Gasteiger partial charge in [-0.15, -0.1) is 0 Å². The SMILES string of the molecule is CC(C)(C)OC(=O)NCCCCC1CC(=O)NC(CCCCNC(=O)OC(C)(C)C)CC(=O)NC(CCCCNC(=O)OC(C)(C)C)CC(=O)N1. The summed E-state index contributed by atoms with van der Waals surface area (Å²) >= 11 is 0. The van der Waals surface area contributed by atoms with Gasteiger partial charge >= 0.3 is 18.3 Å². The minimum atomic E-state index is -0.599. The van der Waals surface area contributed by atoms with Gasteiger partial charge in [-0.3, -0.25) is 14.4 Å². The zero-order valence-corrected chi connectivity index (χ0v) is 32.5. The lowest BCUT2D eigenvalue weighted by molar-refractivity contribution is -0.126. The summed E-state index contributed by atoms with van der Waals surface area (Å²) < 4.78 is 15.8. The van der Waals surface area contributed by atoms with Crippen LogP contribution < -0.4 is 31.9 Å². The summed E-state index contributed by atoms with van der Waals surface area (Å²) in [7, 11) is 0. The molecular formula is C36H66N6O9. The average Bonchev–Trinajstić information content (AvgIpc) is 2.92. The number of alkyl carbamates (subject to hydrolysis) is 3. The molecule has 1 rings (SSSR count). The second-order valence-electron chi connectivity index (χ2n) is 16.2. The molecule has 15 heteroatoms. The van der Waals surface area contributed by atoms with Crippen molar-refractivity contribution in [1.82, 2.24) is 31.9 Å². The molecule has 1 aliphatic heterocycles. The van der Waals surface area contributed by atoms with Gasteiger partial charge < -0.3 is 46.1 Å². The Morgan fingerprint density at radius 1 is 0.490 bits per heavy atom. The highest BCUT2D eigenvalue weighted by Crippen LogP contribution is 2.14. The molecule has 1 heterocycles. The van der Waals surface area contributed by atoms with Crippen LogP contribution in [0.5, 0.6) is 0 Å². The van der Waals surface area contributed by atoms with Crippen LogP contribution in [0.1, 0.15) is 139 Å². The van der Waals surface area contributed by atoms with Crippen molar-refractivity contribution in [2.45, 2.75) is 174 Å². The zero-order valence-electron chi connectivity index (χ0n) is 32.5. The molecule has 0 radical (unpaired) electrons. The van der Waals surface area contributed by atoms with E-state index in [-0.39, 0.29) is 37.0 Å². The fourth-order valence-electron chi connectivity index (χ4n) is 5.27. The Bertz CT molecular complexity index is 966. The normalized spacial score (nSPS) is 19.2. The third-order valence-corrected chi connectivity index (χ3v) is 7.33. The van der Waals surface area contributed by atoms with Gasteiger partial charge in [-0.2, -0.15) is 0 Å². The molecule has 0 aliphatic carbocycles. The molecule has 1 fully saturated rings. The lowest BCUT2D eigenvalue weighted by atomic mass is 10.00. The van der Waals surface area contributed by atoms with Crippen LogP contribution in [-0.4, -0.2) is 90.6 Å². The molecular weight excluding hydrogens is 660 g/mol. The molecule has 51 heavy (non-hydrogen) atoms. The number of carbonyl (C=O) groups is 6. The molecule has 6 N–H and O–H groups in total. The molecule has 0 saturated carbocycles. The predicted octanol–water partition coefficient (Wildman–Crippen LogP) is 4.71. The van der Waals surface area contributed by atoms with Crippen molar-refractivity contribution in [3.05, 3.63) is 0 Å². The van der Waals surface area contributed by atoms with Crippen LogP contribution in [0.3, 0.4) is 0 Å². The maximum absolute atomic E-state index is 13.2. The Labute approximate surface area is 304 Å². The standard InChI is InChI=1S/C36H66N6O9/c1-34(2,3)49-31(46)37-19-13-10-16-25-22-28(43)41-27(18-12-15-21-39-33(48)51-36(7,8)9)24-30(45)42-26(23-29(44)40-25)17-11-14-20-38-32(47)50-35(4,5)6/h25-27H,10-24H2,1-9H3,(H,37,46)(H,38,47)(H,39,48)(H,40,44)(H,41,43)(H,42,45). The number of rotatable bonds is 15. The van der Waals surface area contributed by atoms with Gasteiger partial charge in [0, 0.05) is 57.0 Å². The quantitative estimate of drug-likeness (QED) is 0.102. The van der Waals surface area contributed by atoms with E-state index in [4.69, 9.17) is 14.2 Å². The Morgan fingerprint density at radius 2 is 0.725 bits per heavy atom. The molecule has 0 aromatic rings. The maximum Gasteiger partial charge on any atom is 0.407 e. The summed E-state index contributed by atoms with van der Waals surface area (Å²) in [6.07, 6.45) is 4.02. The number of hydrogen-bond donors (Lipinski definition) is 6. The van der Waals surface area contributed by atoms with Crippen LogP contribution in [0.4, 0.5) is 14.4 Å². The second kappa shape index (κ2) is 22.2. The highest BCUT2D eigenvalue weighted by atomic mass is 16.6. The van der Waals surface area contributed by atoms with Crippen LogP contribution in [-0.2, 0) is 28.6 Å². The van der Waals surface area contributed by atoms with E-state index >= 15 is 0 Å². The van der Waals surface area contributed by atoms with E-state index < -0.39 is 53.2 Å². The maximum atomic E-state index is 13.2. The lowest BCUT2D eigenvalue weighted by Crippen LogP contribution is -2.48. The molecule has 3 atom stereocenters. The van der Waals surface area contributed by atoms with Crippen molar-refractivity contribution in [2.75, 3.05) is 19.6 Å². The molecule has 3 unspecified atom stereocenters. The van der Waals surface area contributed by atoms with Crippen LogP contribution in [0, 0.1) is 0 Å². The number of hydrogen-bond acceptors (Lipinski definition) is 9. The van der Waals surface area contributed by atoms with E-state index in [9.17, 15) is 28.8 Å². The van der Waals surface area contributed by atoms with E-state index in [0.29, 0.717) is 77.4 Å². The van der Waals surface area contributed by atoms with Crippen LogP contribution >= 0.6 is 0 Å². The molecule has 0 spiro atoms. The first-order valence-corrected chi connectivity index (χ1v) is 18.4. The fourth-order valence-corrected chi connectivity index (χ4v) is 5.27. The summed E-state index contributed by atoms with van der Waals surface area (Å²) in [4.78, 5) is 75.4. The molecule has 15 nitrogen and oxygen atoms in total. The molecule has 1 saturated heterocycles. The number of carbonyl (C=O) groups excluding carboxylic acids is 6. The van der Waals surface area contributed by atoms with E-state index in [1.807, 2.05) is 0 Å². The summed E-state index contributed by atoms with van der Waals surface area (Å²) in [5, 5.41) is 17.2. The van der Waals surface area contributed by atoms with Crippen molar-refractivity contribution < 1.29 is 43.0 Å². The minimum Gasteiger partial charge on any atom is -0.444 e. The molecule has 294 valence electrons. The van der Waals surface area contributed by atoms with Gasteiger partial charge in [0.1, 0.15) is 16.8 Å². The first-order chi connectivity index (χ1) is 23.6. The zero-order chi connectivity index (χ0) is 38.7. The summed E-state index contributed by atoms with van der Waals surface area (Å²) in [5.74, 6) is -0.815. The number of unbranched alkanes of at least 4 members (excludes halogenated alkanes) is 3. The Kier molecular flexibility index (Phi) is 19.7.